The minimum Gasteiger partial charge on any atom is -0.465 e. The monoisotopic (exact) mass is 456 g/mol. The molecule has 0 unspecified atom stereocenters. The van der Waals surface area contributed by atoms with Crippen LogP contribution in [0.4, 0.5) is 0 Å². The molecule has 0 spiro atoms. The smallest absolute Gasteiger partial charge is 0.307 e. The summed E-state index contributed by atoms with van der Waals surface area (Å²) in [6.45, 7) is 25.4. The predicted octanol–water partition coefficient (Wildman–Crippen LogP) is 4.96. The molecule has 0 radical (unpaired) electrons. The molecule has 0 atom stereocenters. The molecule has 0 rings (SSSR count). The van der Waals surface area contributed by atoms with Crippen molar-refractivity contribution in [2.24, 2.45) is 21.7 Å². The normalized spacial score (nSPS) is 13.2. The molecule has 0 heterocycles. The van der Waals surface area contributed by atoms with Crippen LogP contribution in [0, 0.1) is 21.7 Å². The first kappa shape index (κ1) is 30.9. The molecule has 0 aromatic heterocycles. The minimum atomic E-state index is -0.155. The molecule has 0 fully saturated rings. The van der Waals surface area contributed by atoms with Crippen LogP contribution in [0.2, 0.25) is 0 Å². The molecule has 32 heavy (non-hydrogen) atoms. The van der Waals surface area contributed by atoms with Gasteiger partial charge < -0.3 is 20.1 Å². The Balaban J connectivity index is 3.70. The van der Waals surface area contributed by atoms with E-state index in [9.17, 15) is 9.59 Å². The lowest BCUT2D eigenvalue weighted by Gasteiger charge is -2.38. The fraction of sp³-hybridized carbons (Fsp3) is 0.923. The third-order valence-electron chi connectivity index (χ3n) is 5.98. The molecular weight excluding hydrogens is 404 g/mol. The number of nitrogens with one attached hydrogen (secondary N) is 2. The maximum absolute atomic E-state index is 11.9. The van der Waals surface area contributed by atoms with E-state index in [1.54, 1.807) is 0 Å². The van der Waals surface area contributed by atoms with E-state index in [1.165, 1.54) is 0 Å². The Hall–Kier alpha value is -1.14. The Kier molecular flexibility index (Phi) is 13.1. The fourth-order valence-corrected chi connectivity index (χ4v) is 3.35. The van der Waals surface area contributed by atoms with Crippen LogP contribution in [0.5, 0.6) is 0 Å². The standard InChI is InChI=1S/C26H52N2O4/c1-23(2,3)18-25(7,8)19-31-21(29)12-16-27-14-11-15-28-17-13-22(30)32-20-26(9,10)24(4,5)6/h27-28H,11-20H2,1-10H3. The summed E-state index contributed by atoms with van der Waals surface area (Å²) in [5, 5.41) is 6.54. The highest BCUT2D eigenvalue weighted by molar-refractivity contribution is 5.69. The van der Waals surface area contributed by atoms with Gasteiger partial charge in [-0.25, -0.2) is 0 Å². The van der Waals surface area contributed by atoms with E-state index in [-0.39, 0.29) is 33.6 Å². The maximum Gasteiger partial charge on any atom is 0.307 e. The Labute approximate surface area is 198 Å². The molecule has 0 aromatic rings. The first-order valence-corrected chi connectivity index (χ1v) is 12.2. The highest BCUT2D eigenvalue weighted by atomic mass is 16.5. The van der Waals surface area contributed by atoms with Crippen molar-refractivity contribution in [1.29, 1.82) is 0 Å². The van der Waals surface area contributed by atoms with Crippen molar-refractivity contribution in [3.63, 3.8) is 0 Å². The van der Waals surface area contributed by atoms with Crippen LogP contribution in [-0.4, -0.2) is 51.3 Å². The van der Waals surface area contributed by atoms with E-state index in [0.29, 0.717) is 39.1 Å². The average Bonchev–Trinajstić information content (AvgIpc) is 2.60. The lowest BCUT2D eigenvalue weighted by molar-refractivity contribution is -0.149. The summed E-state index contributed by atoms with van der Waals surface area (Å²) in [4.78, 5) is 23.9. The van der Waals surface area contributed by atoms with Crippen LogP contribution in [0.3, 0.4) is 0 Å². The second-order valence-electron chi connectivity index (χ2n) is 12.7. The van der Waals surface area contributed by atoms with Crippen LogP contribution < -0.4 is 10.6 Å². The number of carbonyl (C=O) groups is 2. The fourth-order valence-electron chi connectivity index (χ4n) is 3.35. The molecule has 0 aliphatic heterocycles. The van der Waals surface area contributed by atoms with E-state index < -0.39 is 0 Å². The average molecular weight is 457 g/mol. The Morgan fingerprint density at radius 1 is 0.656 bits per heavy atom. The summed E-state index contributed by atoms with van der Waals surface area (Å²) in [5.41, 5.74) is 0.228. The van der Waals surface area contributed by atoms with Crippen LogP contribution in [0.25, 0.3) is 0 Å². The van der Waals surface area contributed by atoms with E-state index in [1.807, 2.05) is 0 Å². The van der Waals surface area contributed by atoms with E-state index >= 15 is 0 Å². The molecule has 0 aliphatic carbocycles. The van der Waals surface area contributed by atoms with Crippen molar-refractivity contribution in [2.75, 3.05) is 39.4 Å². The van der Waals surface area contributed by atoms with Crippen molar-refractivity contribution >= 4 is 11.9 Å². The van der Waals surface area contributed by atoms with Crippen molar-refractivity contribution in [1.82, 2.24) is 10.6 Å². The molecule has 6 nitrogen and oxygen atoms in total. The Morgan fingerprint density at radius 2 is 1.09 bits per heavy atom. The van der Waals surface area contributed by atoms with Gasteiger partial charge in [-0.3, -0.25) is 9.59 Å². The lowest BCUT2D eigenvalue weighted by atomic mass is 9.70. The second kappa shape index (κ2) is 13.5. The maximum atomic E-state index is 11.9. The van der Waals surface area contributed by atoms with E-state index in [2.05, 4.69) is 79.9 Å². The Morgan fingerprint density at radius 3 is 1.50 bits per heavy atom. The molecule has 0 amide bonds. The largest absolute Gasteiger partial charge is 0.465 e. The zero-order chi connectivity index (χ0) is 25.1. The van der Waals surface area contributed by atoms with E-state index in [4.69, 9.17) is 9.47 Å². The molecule has 6 heteroatoms. The summed E-state index contributed by atoms with van der Waals surface area (Å²) in [7, 11) is 0. The number of rotatable bonds is 15. The summed E-state index contributed by atoms with van der Waals surface area (Å²) in [5.74, 6) is -0.303. The number of hydrogen-bond acceptors (Lipinski definition) is 6. The van der Waals surface area contributed by atoms with Gasteiger partial charge in [0.05, 0.1) is 26.1 Å². The van der Waals surface area contributed by atoms with Gasteiger partial charge in [-0.05, 0) is 42.2 Å². The van der Waals surface area contributed by atoms with Crippen molar-refractivity contribution in [3.8, 4) is 0 Å². The Bertz CT molecular complexity index is 557. The van der Waals surface area contributed by atoms with Gasteiger partial charge in [0.1, 0.15) is 0 Å². The van der Waals surface area contributed by atoms with Gasteiger partial charge in [0.2, 0.25) is 0 Å². The molecule has 190 valence electrons. The third kappa shape index (κ3) is 15.6. The molecule has 0 saturated carbocycles. The van der Waals surface area contributed by atoms with Crippen molar-refractivity contribution in [2.45, 2.75) is 94.9 Å². The molecule has 2 N–H and O–H groups in total. The number of ether oxygens (including phenoxy) is 2. The number of hydrogen-bond donors (Lipinski definition) is 2. The third-order valence-corrected chi connectivity index (χ3v) is 5.98. The molecule has 0 bridgehead atoms. The zero-order valence-corrected chi connectivity index (χ0v) is 22.7. The van der Waals surface area contributed by atoms with Crippen LogP contribution in [0.1, 0.15) is 94.9 Å². The van der Waals surface area contributed by atoms with Gasteiger partial charge in [-0.1, -0.05) is 69.2 Å². The first-order valence-electron chi connectivity index (χ1n) is 12.2. The minimum absolute atomic E-state index is 0.0117. The SMILES string of the molecule is CC(C)(C)CC(C)(C)COC(=O)CCNCCCNCCC(=O)OCC(C)(C)C(C)(C)C. The number of carbonyl (C=O) groups excluding carboxylic acids is 2. The summed E-state index contributed by atoms with van der Waals surface area (Å²) in [6, 6.07) is 0. The predicted molar refractivity (Wildman–Crippen MR) is 133 cm³/mol. The number of esters is 2. The molecule has 0 aromatic carbocycles. The van der Waals surface area contributed by atoms with Crippen molar-refractivity contribution < 1.29 is 19.1 Å². The van der Waals surface area contributed by atoms with Gasteiger partial charge in [-0.15, -0.1) is 0 Å². The zero-order valence-electron chi connectivity index (χ0n) is 22.7. The molecule has 0 aliphatic rings. The molecule has 0 saturated heterocycles. The topological polar surface area (TPSA) is 76.7 Å². The quantitative estimate of drug-likeness (QED) is 0.268. The van der Waals surface area contributed by atoms with Gasteiger partial charge >= 0.3 is 11.9 Å². The van der Waals surface area contributed by atoms with Gasteiger partial charge in [0.15, 0.2) is 0 Å². The van der Waals surface area contributed by atoms with Gasteiger partial charge in [0, 0.05) is 18.5 Å². The van der Waals surface area contributed by atoms with E-state index in [0.717, 1.165) is 25.9 Å². The second-order valence-corrected chi connectivity index (χ2v) is 12.7. The highest BCUT2D eigenvalue weighted by Crippen LogP contribution is 2.38. The van der Waals surface area contributed by atoms with Crippen LogP contribution >= 0.6 is 0 Å². The van der Waals surface area contributed by atoms with Crippen LogP contribution in [0.15, 0.2) is 0 Å². The summed E-state index contributed by atoms with van der Waals surface area (Å²) in [6.07, 6.45) is 2.70. The highest BCUT2D eigenvalue weighted by Gasteiger charge is 2.34. The molecular formula is C26H52N2O4. The van der Waals surface area contributed by atoms with Gasteiger partial charge in [0.25, 0.3) is 0 Å². The summed E-state index contributed by atoms with van der Waals surface area (Å²) < 4.78 is 10.9. The van der Waals surface area contributed by atoms with Crippen molar-refractivity contribution in [3.05, 3.63) is 0 Å². The van der Waals surface area contributed by atoms with Crippen LogP contribution in [-0.2, 0) is 19.1 Å². The van der Waals surface area contributed by atoms with Gasteiger partial charge in [-0.2, -0.15) is 0 Å². The first-order chi connectivity index (χ1) is 14.5. The summed E-state index contributed by atoms with van der Waals surface area (Å²) >= 11 is 0. The lowest BCUT2D eigenvalue weighted by Crippen LogP contribution is -2.35.